The molecular formula is C9H15N3O2. The first kappa shape index (κ1) is 10.7. The largest absolute Gasteiger partial charge is 0.480 e. The normalized spacial score (nSPS) is 12.7. The zero-order valence-corrected chi connectivity index (χ0v) is 8.40. The maximum Gasteiger partial charge on any atom is 0.320 e. The van der Waals surface area contributed by atoms with Gasteiger partial charge < -0.3 is 15.0 Å². The van der Waals surface area contributed by atoms with E-state index in [4.69, 9.17) is 5.11 Å². The molecule has 1 aromatic heterocycles. The van der Waals surface area contributed by atoms with Gasteiger partial charge in [-0.25, -0.2) is 4.98 Å². The van der Waals surface area contributed by atoms with E-state index < -0.39 is 12.0 Å². The van der Waals surface area contributed by atoms with Crippen LogP contribution in [0.1, 0.15) is 12.7 Å². The summed E-state index contributed by atoms with van der Waals surface area (Å²) in [5.41, 5.74) is 0. The molecule has 1 rings (SSSR count). The van der Waals surface area contributed by atoms with Crippen LogP contribution in [0.25, 0.3) is 0 Å². The molecule has 0 aliphatic rings. The average molecular weight is 197 g/mol. The topological polar surface area (TPSA) is 67.2 Å². The van der Waals surface area contributed by atoms with E-state index in [0.717, 1.165) is 12.2 Å². The Bertz CT molecular complexity index is 309. The Morgan fingerprint density at radius 1 is 1.79 bits per heavy atom. The number of aromatic nitrogens is 2. The molecule has 1 heterocycles. The fourth-order valence-electron chi connectivity index (χ4n) is 1.13. The Morgan fingerprint density at radius 3 is 3.00 bits per heavy atom. The predicted octanol–water partition coefficient (Wildman–Crippen LogP) is 0.0253. The lowest BCUT2D eigenvalue weighted by Crippen LogP contribution is -2.35. The minimum atomic E-state index is -0.829. The van der Waals surface area contributed by atoms with Crippen molar-refractivity contribution in [2.24, 2.45) is 7.05 Å². The van der Waals surface area contributed by atoms with Gasteiger partial charge in [-0.15, -0.1) is 0 Å². The molecule has 5 nitrogen and oxygen atoms in total. The molecule has 1 atom stereocenters. The molecule has 0 aliphatic carbocycles. The summed E-state index contributed by atoms with van der Waals surface area (Å²) in [5.74, 6) is 0.125. The number of nitrogens with zero attached hydrogens (tertiary/aromatic N) is 2. The van der Waals surface area contributed by atoms with E-state index in [-0.39, 0.29) is 0 Å². The van der Waals surface area contributed by atoms with Crippen molar-refractivity contribution in [3.63, 3.8) is 0 Å². The fourth-order valence-corrected chi connectivity index (χ4v) is 1.13. The summed E-state index contributed by atoms with van der Waals surface area (Å²) in [6.45, 7) is 2.25. The maximum absolute atomic E-state index is 10.5. The van der Waals surface area contributed by atoms with Crippen molar-refractivity contribution in [2.75, 3.05) is 6.54 Å². The molecule has 1 aromatic rings. The quantitative estimate of drug-likeness (QED) is 0.698. The minimum absolute atomic E-state index is 0.504. The highest BCUT2D eigenvalue weighted by atomic mass is 16.4. The number of carboxylic acids is 1. The number of hydrogen-bond donors (Lipinski definition) is 2. The van der Waals surface area contributed by atoms with Gasteiger partial charge >= 0.3 is 5.97 Å². The van der Waals surface area contributed by atoms with Crippen LogP contribution in [0, 0.1) is 0 Å². The first-order valence-corrected chi connectivity index (χ1v) is 4.53. The van der Waals surface area contributed by atoms with Crippen LogP contribution >= 0.6 is 0 Å². The van der Waals surface area contributed by atoms with Crippen molar-refractivity contribution in [1.29, 1.82) is 0 Å². The molecule has 0 aliphatic heterocycles. The molecule has 5 heteroatoms. The summed E-state index contributed by atoms with van der Waals surface area (Å²) < 4.78 is 1.92. The zero-order chi connectivity index (χ0) is 10.6. The number of aryl methyl sites for hydroxylation is 1. The van der Waals surface area contributed by atoms with Gasteiger partial charge in [-0.2, -0.15) is 0 Å². The molecule has 0 aromatic carbocycles. The Labute approximate surface area is 82.8 Å². The number of hydrogen-bond acceptors (Lipinski definition) is 3. The number of rotatable bonds is 5. The second-order valence-electron chi connectivity index (χ2n) is 3.22. The van der Waals surface area contributed by atoms with Gasteiger partial charge in [-0.1, -0.05) is 0 Å². The van der Waals surface area contributed by atoms with Crippen LogP contribution in [0.5, 0.6) is 0 Å². The smallest absolute Gasteiger partial charge is 0.320 e. The molecule has 0 fully saturated rings. The molecule has 0 amide bonds. The second kappa shape index (κ2) is 4.76. The molecule has 0 unspecified atom stereocenters. The monoisotopic (exact) mass is 197 g/mol. The number of nitrogens with one attached hydrogen (secondary N) is 1. The van der Waals surface area contributed by atoms with Crippen LogP contribution in [0.3, 0.4) is 0 Å². The van der Waals surface area contributed by atoms with Gasteiger partial charge in [0.1, 0.15) is 11.9 Å². The molecule has 0 spiro atoms. The van der Waals surface area contributed by atoms with Crippen molar-refractivity contribution >= 4 is 5.97 Å². The molecule has 0 saturated carbocycles. The van der Waals surface area contributed by atoms with Crippen LogP contribution in [0.2, 0.25) is 0 Å². The Morgan fingerprint density at radius 2 is 2.50 bits per heavy atom. The van der Waals surface area contributed by atoms with E-state index in [2.05, 4.69) is 10.3 Å². The Hall–Kier alpha value is -1.36. The van der Waals surface area contributed by atoms with Crippen molar-refractivity contribution in [2.45, 2.75) is 19.4 Å². The molecule has 14 heavy (non-hydrogen) atoms. The summed E-state index contributed by atoms with van der Waals surface area (Å²) in [4.78, 5) is 14.6. The predicted molar refractivity (Wildman–Crippen MR) is 52.0 cm³/mol. The van der Waals surface area contributed by atoms with E-state index in [0.29, 0.717) is 6.54 Å². The van der Waals surface area contributed by atoms with Gasteiger partial charge in [-0.05, 0) is 6.92 Å². The number of carboxylic acid groups (broad SMARTS) is 1. The van der Waals surface area contributed by atoms with Gasteiger partial charge in [0.05, 0.1) is 0 Å². The van der Waals surface area contributed by atoms with Gasteiger partial charge in [0.25, 0.3) is 0 Å². The van der Waals surface area contributed by atoms with Crippen molar-refractivity contribution in [1.82, 2.24) is 14.9 Å². The van der Waals surface area contributed by atoms with Crippen LogP contribution in [0.15, 0.2) is 12.4 Å². The van der Waals surface area contributed by atoms with E-state index in [9.17, 15) is 4.79 Å². The summed E-state index contributed by atoms with van der Waals surface area (Å²) in [6, 6.07) is -0.504. The lowest BCUT2D eigenvalue weighted by Gasteiger charge is -2.08. The third-order valence-electron chi connectivity index (χ3n) is 2.09. The van der Waals surface area contributed by atoms with E-state index >= 15 is 0 Å². The maximum atomic E-state index is 10.5. The minimum Gasteiger partial charge on any atom is -0.480 e. The van der Waals surface area contributed by atoms with Gasteiger partial charge in [-0.3, -0.25) is 4.79 Å². The highest BCUT2D eigenvalue weighted by Gasteiger charge is 2.09. The van der Waals surface area contributed by atoms with Crippen LogP contribution in [-0.2, 0) is 18.3 Å². The molecular weight excluding hydrogens is 182 g/mol. The summed E-state index contributed by atoms with van der Waals surface area (Å²) in [5, 5.41) is 11.5. The molecule has 0 saturated heterocycles. The highest BCUT2D eigenvalue weighted by Crippen LogP contribution is 1.94. The third kappa shape index (κ3) is 2.85. The Balaban J connectivity index is 2.29. The van der Waals surface area contributed by atoms with Crippen LogP contribution in [0.4, 0.5) is 0 Å². The highest BCUT2D eigenvalue weighted by molar-refractivity contribution is 5.72. The lowest BCUT2D eigenvalue weighted by molar-refractivity contribution is -0.138. The first-order valence-electron chi connectivity index (χ1n) is 4.53. The van der Waals surface area contributed by atoms with Gasteiger partial charge in [0, 0.05) is 32.4 Å². The zero-order valence-electron chi connectivity index (χ0n) is 8.40. The number of aliphatic carboxylic acids is 1. The SMILES string of the molecule is C[C@H](NCCc1nccn1C)C(=O)O. The van der Waals surface area contributed by atoms with E-state index in [1.807, 2.05) is 17.8 Å². The second-order valence-corrected chi connectivity index (χ2v) is 3.22. The summed E-state index contributed by atoms with van der Waals surface area (Å²) >= 11 is 0. The van der Waals surface area contributed by atoms with E-state index in [1.54, 1.807) is 13.1 Å². The molecule has 0 radical (unpaired) electrons. The summed E-state index contributed by atoms with van der Waals surface area (Å²) in [7, 11) is 1.92. The molecule has 78 valence electrons. The lowest BCUT2D eigenvalue weighted by atomic mass is 10.3. The van der Waals surface area contributed by atoms with Gasteiger partial charge in [0.15, 0.2) is 0 Å². The van der Waals surface area contributed by atoms with Crippen LogP contribution in [-0.4, -0.2) is 33.2 Å². The van der Waals surface area contributed by atoms with Crippen molar-refractivity contribution < 1.29 is 9.90 Å². The number of carbonyl (C=O) groups is 1. The average Bonchev–Trinajstić information content (AvgIpc) is 2.51. The third-order valence-corrected chi connectivity index (χ3v) is 2.09. The van der Waals surface area contributed by atoms with Crippen molar-refractivity contribution in [3.05, 3.63) is 18.2 Å². The fraction of sp³-hybridized carbons (Fsp3) is 0.556. The van der Waals surface area contributed by atoms with Gasteiger partial charge in [0.2, 0.25) is 0 Å². The standard InChI is InChI=1S/C9H15N3O2/c1-7(9(13)14)10-4-3-8-11-5-6-12(8)2/h5-7,10H,3-4H2,1-2H3,(H,13,14)/t7-/m0/s1. The van der Waals surface area contributed by atoms with Crippen LogP contribution < -0.4 is 5.32 Å². The molecule has 0 bridgehead atoms. The molecule has 2 N–H and O–H groups in total. The summed E-state index contributed by atoms with van der Waals surface area (Å²) in [6.07, 6.45) is 4.34. The van der Waals surface area contributed by atoms with Crippen molar-refractivity contribution in [3.8, 4) is 0 Å². The Kier molecular flexibility index (Phi) is 3.64. The first-order chi connectivity index (χ1) is 6.61. The number of imidazole rings is 1. The van der Waals surface area contributed by atoms with E-state index in [1.165, 1.54) is 0 Å².